The Hall–Kier alpha value is -1.97. The third-order valence-electron chi connectivity index (χ3n) is 3.88. The van der Waals surface area contributed by atoms with E-state index >= 15 is 0 Å². The summed E-state index contributed by atoms with van der Waals surface area (Å²) in [7, 11) is 3.59. The van der Waals surface area contributed by atoms with Crippen molar-refractivity contribution in [3.63, 3.8) is 0 Å². The second-order valence-electron chi connectivity index (χ2n) is 5.47. The smallest absolute Gasteiger partial charge is 0.129 e. The maximum atomic E-state index is 6.23. The molecule has 0 bridgehead atoms. The van der Waals surface area contributed by atoms with Gasteiger partial charge in [0, 0.05) is 12.6 Å². The van der Waals surface area contributed by atoms with Crippen molar-refractivity contribution < 1.29 is 4.74 Å². The summed E-state index contributed by atoms with van der Waals surface area (Å²) in [6.07, 6.45) is 4.52. The molecule has 0 saturated carbocycles. The van der Waals surface area contributed by atoms with E-state index in [9.17, 15) is 0 Å². The van der Waals surface area contributed by atoms with Gasteiger partial charge in [-0.25, -0.2) is 0 Å². The van der Waals surface area contributed by atoms with Crippen molar-refractivity contribution in [1.82, 2.24) is 9.78 Å². The van der Waals surface area contributed by atoms with Gasteiger partial charge in [0.2, 0.25) is 0 Å². The molecule has 0 saturated heterocycles. The van der Waals surface area contributed by atoms with Crippen LogP contribution in [0.1, 0.15) is 37.4 Å². The molecule has 114 valence electrons. The number of nitrogens with two attached hydrogens (primary N) is 1. The Bertz CT molecular complexity index is 617. The number of benzene rings is 1. The normalized spacial score (nSPS) is 10.9. The maximum Gasteiger partial charge on any atom is 0.129 e. The lowest BCUT2D eigenvalue weighted by Crippen LogP contribution is -1.98. The largest absolute Gasteiger partial charge is 0.496 e. The maximum absolute atomic E-state index is 6.23. The van der Waals surface area contributed by atoms with Crippen molar-refractivity contribution >= 4 is 5.82 Å². The summed E-state index contributed by atoms with van der Waals surface area (Å²) < 4.78 is 7.19. The molecule has 21 heavy (non-hydrogen) atoms. The summed E-state index contributed by atoms with van der Waals surface area (Å²) in [5.41, 5.74) is 10.6. The number of nitrogens with zero attached hydrogens (tertiary/aromatic N) is 2. The zero-order valence-electron chi connectivity index (χ0n) is 13.4. The zero-order valence-corrected chi connectivity index (χ0v) is 13.4. The van der Waals surface area contributed by atoms with E-state index in [0.717, 1.165) is 41.0 Å². The Morgan fingerprint density at radius 2 is 2.05 bits per heavy atom. The quantitative estimate of drug-likeness (QED) is 0.824. The molecule has 4 heteroatoms. The lowest BCUT2D eigenvalue weighted by molar-refractivity contribution is 0.412. The first-order valence-corrected chi connectivity index (χ1v) is 7.54. The highest BCUT2D eigenvalue weighted by atomic mass is 16.5. The Morgan fingerprint density at radius 3 is 2.71 bits per heavy atom. The van der Waals surface area contributed by atoms with Crippen LogP contribution in [0.2, 0.25) is 0 Å². The Morgan fingerprint density at radius 1 is 1.29 bits per heavy atom. The van der Waals surface area contributed by atoms with Crippen LogP contribution >= 0.6 is 0 Å². The number of aryl methyl sites for hydroxylation is 3. The molecule has 0 atom stereocenters. The number of nitrogen functional groups attached to an aromatic ring is 1. The fraction of sp³-hybridized carbons (Fsp3) is 0.471. The Balaban J connectivity index is 2.42. The predicted molar refractivity (Wildman–Crippen MR) is 87.6 cm³/mol. The van der Waals surface area contributed by atoms with Gasteiger partial charge >= 0.3 is 0 Å². The van der Waals surface area contributed by atoms with Crippen molar-refractivity contribution in [2.24, 2.45) is 7.05 Å². The summed E-state index contributed by atoms with van der Waals surface area (Å²) >= 11 is 0. The summed E-state index contributed by atoms with van der Waals surface area (Å²) in [6.45, 7) is 4.25. The highest BCUT2D eigenvalue weighted by Gasteiger charge is 2.16. The summed E-state index contributed by atoms with van der Waals surface area (Å²) in [5.74, 6) is 1.60. The number of unbranched alkanes of at least 4 members (excludes halogenated alkanes) is 2. The summed E-state index contributed by atoms with van der Waals surface area (Å²) in [5, 5.41) is 4.59. The van der Waals surface area contributed by atoms with Crippen molar-refractivity contribution in [3.8, 4) is 16.9 Å². The molecule has 2 aromatic rings. The van der Waals surface area contributed by atoms with Crippen molar-refractivity contribution in [1.29, 1.82) is 0 Å². The van der Waals surface area contributed by atoms with Gasteiger partial charge in [0.05, 0.1) is 12.8 Å². The van der Waals surface area contributed by atoms with E-state index in [-0.39, 0.29) is 0 Å². The Labute approximate surface area is 126 Å². The van der Waals surface area contributed by atoms with E-state index in [1.807, 2.05) is 20.0 Å². The van der Waals surface area contributed by atoms with Crippen molar-refractivity contribution in [3.05, 3.63) is 29.5 Å². The molecule has 0 aliphatic heterocycles. The van der Waals surface area contributed by atoms with Crippen LogP contribution in [-0.2, 0) is 13.5 Å². The minimum absolute atomic E-state index is 0.715. The lowest BCUT2D eigenvalue weighted by Gasteiger charge is -2.09. The third-order valence-corrected chi connectivity index (χ3v) is 3.88. The fourth-order valence-electron chi connectivity index (χ4n) is 2.60. The molecule has 0 aliphatic rings. The third kappa shape index (κ3) is 3.20. The van der Waals surface area contributed by atoms with E-state index < -0.39 is 0 Å². The van der Waals surface area contributed by atoms with Crippen LogP contribution < -0.4 is 10.5 Å². The summed E-state index contributed by atoms with van der Waals surface area (Å²) in [6, 6.07) is 6.21. The highest BCUT2D eigenvalue weighted by molar-refractivity contribution is 5.78. The molecule has 1 aromatic carbocycles. The standard InChI is InChI=1S/C17H25N3O/c1-5-6-7-8-14-16(17(18)20(3)19-14)13-10-9-12(2)15(11-13)21-4/h9-11H,5-8,18H2,1-4H3. The van der Waals surface area contributed by atoms with Crippen LogP contribution in [0.15, 0.2) is 18.2 Å². The van der Waals surface area contributed by atoms with Crippen LogP contribution in [0, 0.1) is 6.92 Å². The van der Waals surface area contributed by atoms with Gasteiger partial charge in [-0.15, -0.1) is 0 Å². The lowest BCUT2D eigenvalue weighted by atomic mass is 10.0. The second-order valence-corrected chi connectivity index (χ2v) is 5.47. The molecule has 4 nitrogen and oxygen atoms in total. The molecular weight excluding hydrogens is 262 g/mol. The van der Waals surface area contributed by atoms with Crippen molar-refractivity contribution in [2.75, 3.05) is 12.8 Å². The first-order valence-electron chi connectivity index (χ1n) is 7.54. The minimum atomic E-state index is 0.715. The number of ether oxygens (including phenoxy) is 1. The molecule has 2 N–H and O–H groups in total. The van der Waals surface area contributed by atoms with Crippen LogP contribution in [-0.4, -0.2) is 16.9 Å². The summed E-state index contributed by atoms with van der Waals surface area (Å²) in [4.78, 5) is 0. The van der Waals surface area contributed by atoms with Crippen molar-refractivity contribution in [2.45, 2.75) is 39.5 Å². The van der Waals surface area contributed by atoms with Gasteiger partial charge in [0.1, 0.15) is 11.6 Å². The van der Waals surface area contributed by atoms with E-state index in [2.05, 4.69) is 24.2 Å². The number of anilines is 1. The molecule has 0 amide bonds. The van der Waals surface area contributed by atoms with Gasteiger partial charge in [-0.05, 0) is 37.0 Å². The van der Waals surface area contributed by atoms with Crippen LogP contribution in [0.3, 0.4) is 0 Å². The molecule has 0 aliphatic carbocycles. The number of aromatic nitrogens is 2. The van der Waals surface area contributed by atoms with Crippen LogP contribution in [0.5, 0.6) is 5.75 Å². The molecule has 0 unspecified atom stereocenters. The fourth-order valence-corrected chi connectivity index (χ4v) is 2.60. The van der Waals surface area contributed by atoms with E-state index in [1.54, 1.807) is 11.8 Å². The number of rotatable bonds is 6. The molecule has 2 rings (SSSR count). The number of hydrogen-bond donors (Lipinski definition) is 1. The van der Waals surface area contributed by atoms with Gasteiger partial charge in [-0.3, -0.25) is 4.68 Å². The average molecular weight is 287 g/mol. The van der Waals surface area contributed by atoms with Crippen LogP contribution in [0.4, 0.5) is 5.82 Å². The molecular formula is C17H25N3O. The average Bonchev–Trinajstić information content (AvgIpc) is 2.75. The predicted octanol–water partition coefficient (Wildman–Crippen LogP) is 3.72. The van der Waals surface area contributed by atoms with E-state index in [0.29, 0.717) is 5.82 Å². The molecule has 0 fully saturated rings. The minimum Gasteiger partial charge on any atom is -0.496 e. The number of hydrogen-bond acceptors (Lipinski definition) is 3. The molecule has 1 heterocycles. The Kier molecular flexibility index (Phi) is 4.89. The molecule has 0 spiro atoms. The first-order chi connectivity index (χ1) is 10.1. The monoisotopic (exact) mass is 287 g/mol. The van der Waals surface area contributed by atoms with Crippen LogP contribution in [0.25, 0.3) is 11.1 Å². The number of methoxy groups -OCH3 is 1. The van der Waals surface area contributed by atoms with Gasteiger partial charge in [-0.2, -0.15) is 5.10 Å². The highest BCUT2D eigenvalue weighted by Crippen LogP contribution is 2.33. The molecule has 1 aromatic heterocycles. The topological polar surface area (TPSA) is 53.1 Å². The van der Waals surface area contributed by atoms with E-state index in [4.69, 9.17) is 10.5 Å². The van der Waals surface area contributed by atoms with Gasteiger partial charge in [0.25, 0.3) is 0 Å². The van der Waals surface area contributed by atoms with Gasteiger partial charge < -0.3 is 10.5 Å². The SMILES string of the molecule is CCCCCc1nn(C)c(N)c1-c1ccc(C)c(OC)c1. The van der Waals surface area contributed by atoms with E-state index in [1.165, 1.54) is 12.8 Å². The molecule has 0 radical (unpaired) electrons. The zero-order chi connectivity index (χ0) is 15.4. The second kappa shape index (κ2) is 6.66. The van der Waals surface area contributed by atoms with Gasteiger partial charge in [-0.1, -0.05) is 31.9 Å². The van der Waals surface area contributed by atoms with Gasteiger partial charge in [0.15, 0.2) is 0 Å². The first kappa shape index (κ1) is 15.4.